The summed E-state index contributed by atoms with van der Waals surface area (Å²) in [6.07, 6.45) is 5.38. The summed E-state index contributed by atoms with van der Waals surface area (Å²) in [6, 6.07) is 7.60. The molecule has 7 heteroatoms. The van der Waals surface area contributed by atoms with E-state index in [1.165, 1.54) is 16.2 Å². The van der Waals surface area contributed by atoms with Gasteiger partial charge in [-0.25, -0.2) is 4.98 Å². The number of rotatable bonds is 5. The Morgan fingerprint density at radius 3 is 2.43 bits per heavy atom. The minimum Gasteiger partial charge on any atom is -0.326 e. The number of aryl methyl sites for hydroxylation is 1. The van der Waals surface area contributed by atoms with Gasteiger partial charge in [-0.05, 0) is 31.9 Å². The molecular weight excluding hydrogens is 374 g/mol. The summed E-state index contributed by atoms with van der Waals surface area (Å²) >= 11 is 1.37. The van der Waals surface area contributed by atoms with Gasteiger partial charge in [-0.3, -0.25) is 19.3 Å². The zero-order valence-corrected chi connectivity index (χ0v) is 16.4. The van der Waals surface area contributed by atoms with Crippen molar-refractivity contribution in [2.75, 3.05) is 5.32 Å². The lowest BCUT2D eigenvalue weighted by atomic mass is 9.85. The first kappa shape index (κ1) is 18.6. The maximum atomic E-state index is 12.5. The smallest absolute Gasteiger partial charge is 0.233 e. The Hall–Kier alpha value is -2.80. The minimum absolute atomic E-state index is 0.106. The molecule has 0 saturated carbocycles. The molecule has 144 valence electrons. The number of thiazole rings is 1. The molecule has 2 aromatic rings. The van der Waals surface area contributed by atoms with Crippen LogP contribution in [0, 0.1) is 18.8 Å². The Balaban J connectivity index is 1.37. The Labute approximate surface area is 167 Å². The zero-order valence-electron chi connectivity index (χ0n) is 15.6. The SMILES string of the molecule is Cc1ccc(NC(=O)Cc2nc(CN3C(=O)[C@H]4CC=CC[C@H]4C3=O)cs2)cc1. The first-order valence-electron chi connectivity index (χ1n) is 9.31. The van der Waals surface area contributed by atoms with Gasteiger partial charge in [-0.2, -0.15) is 0 Å². The van der Waals surface area contributed by atoms with E-state index in [1.807, 2.05) is 48.7 Å². The number of carbonyl (C=O) groups excluding carboxylic acids is 3. The van der Waals surface area contributed by atoms with Crippen LogP contribution in [0.3, 0.4) is 0 Å². The van der Waals surface area contributed by atoms with E-state index >= 15 is 0 Å². The Kier molecular flexibility index (Phi) is 5.09. The monoisotopic (exact) mass is 395 g/mol. The van der Waals surface area contributed by atoms with Gasteiger partial charge in [0.2, 0.25) is 17.7 Å². The zero-order chi connectivity index (χ0) is 19.7. The van der Waals surface area contributed by atoms with Crippen molar-refractivity contribution in [2.24, 2.45) is 11.8 Å². The second kappa shape index (κ2) is 7.67. The third kappa shape index (κ3) is 3.75. The first-order chi connectivity index (χ1) is 13.5. The fraction of sp³-hybridized carbons (Fsp3) is 0.333. The minimum atomic E-state index is -0.226. The van der Waals surface area contributed by atoms with Crippen LogP contribution in [0.25, 0.3) is 0 Å². The molecule has 3 amide bonds. The topological polar surface area (TPSA) is 79.4 Å². The lowest BCUT2D eigenvalue weighted by Crippen LogP contribution is -2.30. The molecule has 1 aliphatic heterocycles. The number of hydrogen-bond donors (Lipinski definition) is 1. The fourth-order valence-corrected chi connectivity index (χ4v) is 4.45. The van der Waals surface area contributed by atoms with Gasteiger partial charge in [0.15, 0.2) is 0 Å². The van der Waals surface area contributed by atoms with E-state index in [4.69, 9.17) is 0 Å². The molecule has 1 aliphatic carbocycles. The van der Waals surface area contributed by atoms with Crippen LogP contribution >= 0.6 is 11.3 Å². The van der Waals surface area contributed by atoms with Gasteiger partial charge in [0, 0.05) is 11.1 Å². The highest BCUT2D eigenvalue weighted by Gasteiger charge is 2.47. The van der Waals surface area contributed by atoms with Crippen molar-refractivity contribution >= 4 is 34.7 Å². The third-order valence-corrected chi connectivity index (χ3v) is 6.06. The van der Waals surface area contributed by atoms with Gasteiger partial charge in [0.25, 0.3) is 0 Å². The number of fused-ring (bicyclic) bond motifs is 1. The van der Waals surface area contributed by atoms with Crippen LogP contribution in [0.1, 0.15) is 29.1 Å². The molecule has 4 rings (SSSR count). The highest BCUT2D eigenvalue weighted by Crippen LogP contribution is 2.35. The van der Waals surface area contributed by atoms with Crippen molar-refractivity contribution in [2.45, 2.75) is 32.7 Å². The average Bonchev–Trinajstić information content (AvgIpc) is 3.22. The fourth-order valence-electron chi connectivity index (χ4n) is 3.67. The number of allylic oxidation sites excluding steroid dienone is 2. The van der Waals surface area contributed by atoms with E-state index in [0.29, 0.717) is 23.5 Å². The van der Waals surface area contributed by atoms with E-state index in [0.717, 1.165) is 11.3 Å². The lowest BCUT2D eigenvalue weighted by Gasteiger charge is -2.14. The second-order valence-corrected chi connectivity index (χ2v) is 8.18. The van der Waals surface area contributed by atoms with Gasteiger partial charge in [-0.1, -0.05) is 29.8 Å². The quantitative estimate of drug-likeness (QED) is 0.623. The van der Waals surface area contributed by atoms with E-state index in [9.17, 15) is 14.4 Å². The van der Waals surface area contributed by atoms with E-state index in [2.05, 4.69) is 10.3 Å². The molecule has 0 radical (unpaired) electrons. The number of benzene rings is 1. The van der Waals surface area contributed by atoms with Gasteiger partial charge in [0.05, 0.1) is 30.5 Å². The number of aromatic nitrogens is 1. The maximum Gasteiger partial charge on any atom is 0.233 e. The van der Waals surface area contributed by atoms with Crippen molar-refractivity contribution in [3.05, 3.63) is 58.1 Å². The number of nitrogens with zero attached hydrogens (tertiary/aromatic N) is 2. The number of nitrogens with one attached hydrogen (secondary N) is 1. The number of anilines is 1. The standard InChI is InChI=1S/C21H21N3O3S/c1-13-6-8-14(9-7-13)22-18(25)10-19-23-15(12-28-19)11-24-20(26)16-4-2-3-5-17(16)21(24)27/h2-3,6-9,12,16-17H,4-5,10-11H2,1H3,(H,22,25)/t16-,17+. The molecule has 0 spiro atoms. The summed E-state index contributed by atoms with van der Waals surface area (Å²) in [5.41, 5.74) is 2.53. The van der Waals surface area contributed by atoms with Crippen LogP contribution in [0.15, 0.2) is 41.8 Å². The van der Waals surface area contributed by atoms with Crippen LogP contribution in [-0.4, -0.2) is 27.6 Å². The van der Waals surface area contributed by atoms with Crippen LogP contribution in [0.5, 0.6) is 0 Å². The molecule has 1 fully saturated rings. The van der Waals surface area contributed by atoms with Crippen LogP contribution in [0.2, 0.25) is 0 Å². The molecule has 1 N–H and O–H groups in total. The predicted molar refractivity (Wildman–Crippen MR) is 107 cm³/mol. The van der Waals surface area contributed by atoms with Crippen LogP contribution < -0.4 is 5.32 Å². The van der Waals surface area contributed by atoms with E-state index in [1.54, 1.807) is 0 Å². The average molecular weight is 395 g/mol. The highest BCUT2D eigenvalue weighted by molar-refractivity contribution is 7.09. The van der Waals surface area contributed by atoms with E-state index in [-0.39, 0.29) is 42.5 Å². The second-order valence-electron chi connectivity index (χ2n) is 7.24. The summed E-state index contributed by atoms with van der Waals surface area (Å²) in [5.74, 6) is -0.806. The molecule has 0 unspecified atom stereocenters. The normalized spacial score (nSPS) is 21.1. The van der Waals surface area contributed by atoms with Crippen molar-refractivity contribution in [1.82, 2.24) is 9.88 Å². The van der Waals surface area contributed by atoms with E-state index < -0.39 is 0 Å². The van der Waals surface area contributed by atoms with Crippen molar-refractivity contribution in [3.8, 4) is 0 Å². The molecule has 2 aliphatic rings. The maximum absolute atomic E-state index is 12.5. The molecule has 28 heavy (non-hydrogen) atoms. The van der Waals surface area contributed by atoms with Crippen molar-refractivity contribution in [3.63, 3.8) is 0 Å². The van der Waals surface area contributed by atoms with Crippen LogP contribution in [-0.2, 0) is 27.3 Å². The van der Waals surface area contributed by atoms with Gasteiger partial charge < -0.3 is 5.32 Å². The molecule has 1 aromatic carbocycles. The Bertz CT molecular complexity index is 922. The molecule has 2 heterocycles. The van der Waals surface area contributed by atoms with Gasteiger partial charge in [0.1, 0.15) is 5.01 Å². The summed E-state index contributed by atoms with van der Waals surface area (Å²) in [7, 11) is 0. The Morgan fingerprint density at radius 2 is 1.79 bits per heavy atom. The molecule has 1 aromatic heterocycles. The first-order valence-corrected chi connectivity index (χ1v) is 10.2. The van der Waals surface area contributed by atoms with Crippen LogP contribution in [0.4, 0.5) is 5.69 Å². The molecule has 1 saturated heterocycles. The largest absolute Gasteiger partial charge is 0.326 e. The number of hydrogen-bond acceptors (Lipinski definition) is 5. The molecular formula is C21H21N3O3S. The van der Waals surface area contributed by atoms with Gasteiger partial charge >= 0.3 is 0 Å². The number of imide groups is 1. The molecule has 6 nitrogen and oxygen atoms in total. The van der Waals surface area contributed by atoms with Gasteiger partial charge in [-0.15, -0.1) is 11.3 Å². The summed E-state index contributed by atoms with van der Waals surface area (Å²) in [6.45, 7) is 2.17. The number of likely N-dealkylation sites (tertiary alicyclic amines) is 1. The lowest BCUT2D eigenvalue weighted by molar-refractivity contribution is -0.140. The number of carbonyl (C=O) groups is 3. The van der Waals surface area contributed by atoms with Crippen molar-refractivity contribution < 1.29 is 14.4 Å². The summed E-state index contributed by atoms with van der Waals surface area (Å²) in [4.78, 5) is 43.1. The molecule has 0 bridgehead atoms. The Morgan fingerprint density at radius 1 is 1.14 bits per heavy atom. The number of amides is 3. The van der Waals surface area contributed by atoms with Crippen molar-refractivity contribution in [1.29, 1.82) is 0 Å². The third-order valence-electron chi connectivity index (χ3n) is 5.17. The summed E-state index contributed by atoms with van der Waals surface area (Å²) in [5, 5.41) is 5.33. The highest BCUT2D eigenvalue weighted by atomic mass is 32.1. The predicted octanol–water partition coefficient (Wildman–Crippen LogP) is 3.08. The summed E-state index contributed by atoms with van der Waals surface area (Å²) < 4.78 is 0. The molecule has 2 atom stereocenters.